The Bertz CT molecular complexity index is 830. The van der Waals surface area contributed by atoms with Crippen LogP contribution in [0.2, 0.25) is 0 Å². The highest BCUT2D eigenvalue weighted by molar-refractivity contribution is 5.98. The van der Waals surface area contributed by atoms with Crippen LogP contribution in [0.15, 0.2) is 48.5 Å². The number of carbonyl (C=O) groups excluding carboxylic acids is 1. The van der Waals surface area contributed by atoms with E-state index in [9.17, 15) is 9.59 Å². The molecular weight excluding hydrogens is 318 g/mol. The van der Waals surface area contributed by atoms with Gasteiger partial charge in [-0.15, -0.1) is 0 Å². The highest BCUT2D eigenvalue weighted by Gasteiger charge is 2.59. The van der Waals surface area contributed by atoms with E-state index in [4.69, 9.17) is 9.84 Å². The number of aliphatic carboxylic acids is 1. The molecule has 2 aromatic carbocycles. The maximum absolute atomic E-state index is 12.8. The fourth-order valence-electron chi connectivity index (χ4n) is 3.95. The lowest BCUT2D eigenvalue weighted by Gasteiger charge is -2.19. The number of rotatable bonds is 5. The number of carboxylic acids is 1. The third-order valence-corrected chi connectivity index (χ3v) is 5.24. The van der Waals surface area contributed by atoms with Crippen LogP contribution in [0.3, 0.4) is 0 Å². The number of benzene rings is 2. The van der Waals surface area contributed by atoms with E-state index in [1.54, 1.807) is 36.2 Å². The number of carbonyl (C=O) groups is 2. The van der Waals surface area contributed by atoms with Crippen LogP contribution in [0.1, 0.15) is 17.0 Å². The van der Waals surface area contributed by atoms with E-state index < -0.39 is 5.97 Å². The molecule has 0 heterocycles. The summed E-state index contributed by atoms with van der Waals surface area (Å²) in [6, 6.07) is 15.3. The lowest BCUT2D eigenvalue weighted by Crippen LogP contribution is -2.29. The monoisotopic (exact) mass is 337 g/mol. The van der Waals surface area contributed by atoms with Gasteiger partial charge >= 0.3 is 5.97 Å². The second-order valence-corrected chi connectivity index (χ2v) is 6.69. The van der Waals surface area contributed by atoms with Gasteiger partial charge in [-0.1, -0.05) is 24.3 Å². The molecule has 3 unspecified atom stereocenters. The number of anilines is 1. The van der Waals surface area contributed by atoms with Crippen LogP contribution in [0.4, 0.5) is 5.69 Å². The van der Waals surface area contributed by atoms with E-state index in [1.807, 2.05) is 6.07 Å². The predicted molar refractivity (Wildman–Crippen MR) is 92.8 cm³/mol. The summed E-state index contributed by atoms with van der Waals surface area (Å²) >= 11 is 0. The Kier molecular flexibility index (Phi) is 3.71. The van der Waals surface area contributed by atoms with E-state index in [0.717, 1.165) is 12.1 Å². The van der Waals surface area contributed by atoms with Crippen molar-refractivity contribution < 1.29 is 19.4 Å². The zero-order chi connectivity index (χ0) is 17.6. The average molecular weight is 337 g/mol. The van der Waals surface area contributed by atoms with Gasteiger partial charge in [-0.05, 0) is 53.6 Å². The standard InChI is InChI=1S/C20H19NO4/c1-21(13-6-8-14(9-7-13)25-11-17(22)23)20(24)19-16-10-12-4-2-3-5-15(12)18(16)19/h2-9,16,18-19H,10-11H2,1H3,(H,22,23). The largest absolute Gasteiger partial charge is 0.482 e. The number of fused-ring (bicyclic) bond motifs is 3. The molecule has 4 rings (SSSR count). The Morgan fingerprint density at radius 1 is 1.16 bits per heavy atom. The Labute approximate surface area is 145 Å². The molecule has 25 heavy (non-hydrogen) atoms. The smallest absolute Gasteiger partial charge is 0.341 e. The topological polar surface area (TPSA) is 66.8 Å². The minimum atomic E-state index is -1.02. The third-order valence-electron chi connectivity index (χ3n) is 5.24. The van der Waals surface area contributed by atoms with Gasteiger partial charge in [0, 0.05) is 18.7 Å². The van der Waals surface area contributed by atoms with Gasteiger partial charge in [-0.3, -0.25) is 4.79 Å². The minimum Gasteiger partial charge on any atom is -0.482 e. The van der Waals surface area contributed by atoms with Crippen molar-refractivity contribution in [1.82, 2.24) is 0 Å². The molecule has 1 fully saturated rings. The van der Waals surface area contributed by atoms with Gasteiger partial charge in [0.1, 0.15) is 5.75 Å². The molecule has 0 spiro atoms. The van der Waals surface area contributed by atoms with Gasteiger partial charge in [0.25, 0.3) is 0 Å². The van der Waals surface area contributed by atoms with Crippen molar-refractivity contribution in [3.63, 3.8) is 0 Å². The zero-order valence-corrected chi connectivity index (χ0v) is 13.9. The minimum absolute atomic E-state index is 0.0721. The molecule has 0 radical (unpaired) electrons. The van der Waals surface area contributed by atoms with Gasteiger partial charge in [0.15, 0.2) is 6.61 Å². The molecule has 1 amide bonds. The predicted octanol–water partition coefficient (Wildman–Crippen LogP) is 2.70. The fraction of sp³-hybridized carbons (Fsp3) is 0.300. The van der Waals surface area contributed by atoms with Gasteiger partial charge in [0.05, 0.1) is 0 Å². The lowest BCUT2D eigenvalue weighted by molar-refractivity contribution is -0.139. The van der Waals surface area contributed by atoms with Crippen molar-refractivity contribution >= 4 is 17.6 Å². The molecule has 1 saturated carbocycles. The van der Waals surface area contributed by atoms with Crippen LogP contribution in [0, 0.1) is 11.8 Å². The second-order valence-electron chi connectivity index (χ2n) is 6.69. The summed E-state index contributed by atoms with van der Waals surface area (Å²) in [4.78, 5) is 25.1. The molecule has 3 atom stereocenters. The van der Waals surface area contributed by atoms with Crippen molar-refractivity contribution in [2.75, 3.05) is 18.6 Å². The highest BCUT2D eigenvalue weighted by Crippen LogP contribution is 2.61. The number of ether oxygens (including phenoxy) is 1. The van der Waals surface area contributed by atoms with E-state index >= 15 is 0 Å². The van der Waals surface area contributed by atoms with Crippen LogP contribution in [-0.2, 0) is 16.0 Å². The highest BCUT2D eigenvalue weighted by atomic mass is 16.5. The second kappa shape index (κ2) is 5.92. The van der Waals surface area contributed by atoms with Crippen molar-refractivity contribution in [2.24, 2.45) is 11.8 Å². The summed E-state index contributed by atoms with van der Waals surface area (Å²) in [5.74, 6) is 0.475. The van der Waals surface area contributed by atoms with Gasteiger partial charge in [-0.25, -0.2) is 4.79 Å². The number of nitrogens with zero attached hydrogens (tertiary/aromatic N) is 1. The number of hydrogen-bond donors (Lipinski definition) is 1. The Hall–Kier alpha value is -2.82. The summed E-state index contributed by atoms with van der Waals surface area (Å²) in [6.07, 6.45) is 0.993. The molecule has 0 bridgehead atoms. The van der Waals surface area contributed by atoms with Gasteiger partial charge in [0.2, 0.25) is 5.91 Å². The van der Waals surface area contributed by atoms with E-state index in [0.29, 0.717) is 17.6 Å². The van der Waals surface area contributed by atoms with Crippen LogP contribution < -0.4 is 9.64 Å². The summed E-state index contributed by atoms with van der Waals surface area (Å²) in [5.41, 5.74) is 3.49. The van der Waals surface area contributed by atoms with E-state index in [1.165, 1.54) is 11.1 Å². The van der Waals surface area contributed by atoms with Crippen LogP contribution in [0.5, 0.6) is 5.75 Å². The van der Waals surface area contributed by atoms with E-state index in [-0.39, 0.29) is 18.4 Å². The number of amides is 1. The summed E-state index contributed by atoms with van der Waals surface area (Å²) in [5, 5.41) is 8.63. The first kappa shape index (κ1) is 15.7. The average Bonchev–Trinajstić information content (AvgIpc) is 3.20. The SMILES string of the molecule is CN(C(=O)C1C2Cc3ccccc3C21)c1ccc(OCC(=O)O)cc1. The normalized spacial score (nSPS) is 22.7. The molecule has 128 valence electrons. The van der Waals surface area contributed by atoms with Crippen LogP contribution in [-0.4, -0.2) is 30.6 Å². The Balaban J connectivity index is 1.43. The maximum atomic E-state index is 12.8. The lowest BCUT2D eigenvalue weighted by atomic mass is 10.0. The molecule has 2 aliphatic carbocycles. The summed E-state index contributed by atoms with van der Waals surface area (Å²) < 4.78 is 5.12. The number of carboxylic acid groups (broad SMARTS) is 1. The number of hydrogen-bond acceptors (Lipinski definition) is 3. The van der Waals surface area contributed by atoms with Crippen molar-refractivity contribution in [2.45, 2.75) is 12.3 Å². The fourth-order valence-corrected chi connectivity index (χ4v) is 3.95. The van der Waals surface area contributed by atoms with Crippen LogP contribution >= 0.6 is 0 Å². The van der Waals surface area contributed by atoms with E-state index in [2.05, 4.69) is 18.2 Å². The quantitative estimate of drug-likeness (QED) is 0.911. The molecule has 2 aromatic rings. The first-order chi connectivity index (χ1) is 12.1. The molecule has 2 aliphatic rings. The zero-order valence-electron chi connectivity index (χ0n) is 13.9. The molecule has 1 N–H and O–H groups in total. The Morgan fingerprint density at radius 2 is 1.88 bits per heavy atom. The maximum Gasteiger partial charge on any atom is 0.341 e. The van der Waals surface area contributed by atoms with Gasteiger partial charge in [-0.2, -0.15) is 0 Å². The Morgan fingerprint density at radius 3 is 2.60 bits per heavy atom. The van der Waals surface area contributed by atoms with Crippen molar-refractivity contribution in [3.05, 3.63) is 59.7 Å². The molecule has 0 aromatic heterocycles. The molecular formula is C20H19NO4. The molecule has 0 saturated heterocycles. The summed E-state index contributed by atoms with van der Waals surface area (Å²) in [6.45, 7) is -0.376. The molecule has 0 aliphatic heterocycles. The first-order valence-corrected chi connectivity index (χ1v) is 8.36. The first-order valence-electron chi connectivity index (χ1n) is 8.36. The van der Waals surface area contributed by atoms with Gasteiger partial charge < -0.3 is 14.7 Å². The molecule has 5 heteroatoms. The van der Waals surface area contributed by atoms with Crippen LogP contribution in [0.25, 0.3) is 0 Å². The molecule has 5 nitrogen and oxygen atoms in total. The van der Waals surface area contributed by atoms with Crippen molar-refractivity contribution in [1.29, 1.82) is 0 Å². The summed E-state index contributed by atoms with van der Waals surface area (Å²) in [7, 11) is 1.79. The van der Waals surface area contributed by atoms with Crippen molar-refractivity contribution in [3.8, 4) is 5.75 Å². The third kappa shape index (κ3) is 2.76.